The molecule has 1 aromatic rings. The molecule has 1 saturated carbocycles. The molecule has 2 aliphatic rings. The summed E-state index contributed by atoms with van der Waals surface area (Å²) in [6.07, 6.45) is 1.73. The lowest BCUT2D eigenvalue weighted by Gasteiger charge is -2.26. The third-order valence-electron chi connectivity index (χ3n) is 4.21. The highest BCUT2D eigenvalue weighted by molar-refractivity contribution is 7.18. The van der Waals surface area contributed by atoms with Gasteiger partial charge in [-0.1, -0.05) is 0 Å². The zero-order valence-electron chi connectivity index (χ0n) is 13.7. The standard InChI is InChI=1S/C16H20N2O5S/c1-9-11(16(21)22-2)14(17-13(19)10-3-4-10)24-12(9)15(20)18-5-7-23-8-6-18/h10H,3-8H2,1-2H3,(H,17,19). The summed E-state index contributed by atoms with van der Waals surface area (Å²) in [7, 11) is 1.29. The third-order valence-corrected chi connectivity index (χ3v) is 5.41. The molecule has 3 rings (SSSR count). The van der Waals surface area contributed by atoms with Gasteiger partial charge in [-0.25, -0.2) is 4.79 Å². The number of nitrogens with zero attached hydrogens (tertiary/aromatic N) is 1. The van der Waals surface area contributed by atoms with E-state index in [-0.39, 0.29) is 23.3 Å². The van der Waals surface area contributed by atoms with Gasteiger partial charge in [0.25, 0.3) is 5.91 Å². The minimum absolute atomic E-state index is 0.0105. The molecule has 24 heavy (non-hydrogen) atoms. The number of methoxy groups -OCH3 is 1. The second kappa shape index (κ2) is 6.90. The number of thiophene rings is 1. The van der Waals surface area contributed by atoms with Gasteiger partial charge in [0.2, 0.25) is 5.91 Å². The van der Waals surface area contributed by atoms with Gasteiger partial charge in [0.1, 0.15) is 5.00 Å². The van der Waals surface area contributed by atoms with Crippen molar-refractivity contribution in [3.63, 3.8) is 0 Å². The van der Waals surface area contributed by atoms with Crippen molar-refractivity contribution in [2.75, 3.05) is 38.7 Å². The molecule has 2 amide bonds. The van der Waals surface area contributed by atoms with Crippen LogP contribution in [0.25, 0.3) is 0 Å². The summed E-state index contributed by atoms with van der Waals surface area (Å²) in [5, 5.41) is 3.19. The Labute approximate surface area is 143 Å². The summed E-state index contributed by atoms with van der Waals surface area (Å²) in [6, 6.07) is 0. The van der Waals surface area contributed by atoms with Gasteiger partial charge in [0.15, 0.2) is 0 Å². The van der Waals surface area contributed by atoms with Crippen molar-refractivity contribution in [2.24, 2.45) is 5.92 Å². The fourth-order valence-corrected chi connectivity index (χ4v) is 3.79. The molecule has 1 aromatic heterocycles. The minimum Gasteiger partial charge on any atom is -0.465 e. The smallest absolute Gasteiger partial charge is 0.341 e. The molecule has 0 spiro atoms. The average Bonchev–Trinajstić information content (AvgIpc) is 3.40. The van der Waals surface area contributed by atoms with Crippen molar-refractivity contribution >= 4 is 34.1 Å². The highest BCUT2D eigenvalue weighted by Crippen LogP contribution is 2.37. The van der Waals surface area contributed by atoms with E-state index >= 15 is 0 Å². The number of hydrogen-bond donors (Lipinski definition) is 1. The van der Waals surface area contributed by atoms with Crippen LogP contribution in [0, 0.1) is 12.8 Å². The molecular formula is C16H20N2O5S. The average molecular weight is 352 g/mol. The first-order valence-corrected chi connectivity index (χ1v) is 8.74. The summed E-state index contributed by atoms with van der Waals surface area (Å²) in [4.78, 5) is 39.1. The van der Waals surface area contributed by atoms with Crippen molar-refractivity contribution in [3.05, 3.63) is 16.0 Å². The Bertz CT molecular complexity index is 674. The van der Waals surface area contributed by atoms with E-state index in [4.69, 9.17) is 9.47 Å². The minimum atomic E-state index is -0.545. The van der Waals surface area contributed by atoms with Gasteiger partial charge in [0, 0.05) is 19.0 Å². The van der Waals surface area contributed by atoms with E-state index < -0.39 is 5.97 Å². The van der Waals surface area contributed by atoms with Crippen LogP contribution in [0.3, 0.4) is 0 Å². The van der Waals surface area contributed by atoms with Crippen molar-refractivity contribution in [2.45, 2.75) is 19.8 Å². The Hall–Kier alpha value is -1.93. The van der Waals surface area contributed by atoms with E-state index in [1.165, 1.54) is 7.11 Å². The molecule has 1 N–H and O–H groups in total. The molecule has 0 bridgehead atoms. The summed E-state index contributed by atoms with van der Waals surface area (Å²) < 4.78 is 10.1. The van der Waals surface area contributed by atoms with Crippen LogP contribution in [0.1, 0.15) is 38.4 Å². The lowest BCUT2D eigenvalue weighted by atomic mass is 10.1. The molecule has 130 valence electrons. The number of amides is 2. The molecule has 1 aliphatic heterocycles. The van der Waals surface area contributed by atoms with Crippen LogP contribution in [0.2, 0.25) is 0 Å². The maximum atomic E-state index is 12.7. The predicted octanol–water partition coefficient (Wildman–Crippen LogP) is 1.66. The zero-order chi connectivity index (χ0) is 17.3. The molecule has 0 aromatic carbocycles. The van der Waals surface area contributed by atoms with E-state index in [2.05, 4.69) is 5.32 Å². The fraction of sp³-hybridized carbons (Fsp3) is 0.562. The van der Waals surface area contributed by atoms with Crippen LogP contribution >= 0.6 is 11.3 Å². The third kappa shape index (κ3) is 3.29. The van der Waals surface area contributed by atoms with E-state index in [0.29, 0.717) is 41.7 Å². The van der Waals surface area contributed by atoms with Gasteiger partial charge in [-0.3, -0.25) is 9.59 Å². The van der Waals surface area contributed by atoms with Gasteiger partial charge < -0.3 is 19.7 Å². The topological polar surface area (TPSA) is 84.9 Å². The maximum Gasteiger partial charge on any atom is 0.341 e. The van der Waals surface area contributed by atoms with E-state index in [1.54, 1.807) is 11.8 Å². The summed E-state index contributed by atoms with van der Waals surface area (Å²) in [6.45, 7) is 3.76. The van der Waals surface area contributed by atoms with Gasteiger partial charge >= 0.3 is 5.97 Å². The molecule has 8 heteroatoms. The summed E-state index contributed by atoms with van der Waals surface area (Å²) >= 11 is 1.14. The van der Waals surface area contributed by atoms with Crippen LogP contribution in [0.5, 0.6) is 0 Å². The number of hydrogen-bond acceptors (Lipinski definition) is 6. The lowest BCUT2D eigenvalue weighted by Crippen LogP contribution is -2.40. The summed E-state index contributed by atoms with van der Waals surface area (Å²) in [5.74, 6) is -0.781. The highest BCUT2D eigenvalue weighted by Gasteiger charge is 2.33. The van der Waals surface area contributed by atoms with Crippen molar-refractivity contribution in [1.82, 2.24) is 4.90 Å². The number of carbonyl (C=O) groups is 3. The first kappa shape index (κ1) is 16.9. The Kier molecular flexibility index (Phi) is 4.86. The molecular weight excluding hydrogens is 332 g/mol. The number of anilines is 1. The molecule has 0 unspecified atom stereocenters. The highest BCUT2D eigenvalue weighted by atomic mass is 32.1. The van der Waals surface area contributed by atoms with E-state index in [9.17, 15) is 14.4 Å². The molecule has 1 saturated heterocycles. The lowest BCUT2D eigenvalue weighted by molar-refractivity contribution is -0.117. The molecule has 2 fully saturated rings. The number of carbonyl (C=O) groups excluding carboxylic acids is 3. The first-order valence-electron chi connectivity index (χ1n) is 7.92. The monoisotopic (exact) mass is 352 g/mol. The van der Waals surface area contributed by atoms with Gasteiger partial charge in [-0.05, 0) is 25.3 Å². The maximum absolute atomic E-state index is 12.7. The predicted molar refractivity (Wildman–Crippen MR) is 88.5 cm³/mol. The number of esters is 1. The molecule has 2 heterocycles. The fourth-order valence-electron chi connectivity index (χ4n) is 2.62. The quantitative estimate of drug-likeness (QED) is 0.833. The largest absolute Gasteiger partial charge is 0.465 e. The number of ether oxygens (including phenoxy) is 2. The zero-order valence-corrected chi connectivity index (χ0v) is 14.5. The molecule has 1 aliphatic carbocycles. The Morgan fingerprint density at radius 1 is 1.25 bits per heavy atom. The SMILES string of the molecule is COC(=O)c1c(NC(=O)C2CC2)sc(C(=O)N2CCOCC2)c1C. The van der Waals surface area contributed by atoms with Crippen molar-refractivity contribution < 1.29 is 23.9 Å². The van der Waals surface area contributed by atoms with Gasteiger partial charge in [-0.15, -0.1) is 11.3 Å². The van der Waals surface area contributed by atoms with Crippen LogP contribution < -0.4 is 5.32 Å². The summed E-state index contributed by atoms with van der Waals surface area (Å²) in [5.41, 5.74) is 0.822. The number of morpholine rings is 1. The Balaban J connectivity index is 1.90. The number of nitrogens with one attached hydrogen (secondary N) is 1. The Morgan fingerprint density at radius 2 is 1.92 bits per heavy atom. The van der Waals surface area contributed by atoms with Crippen LogP contribution in [-0.2, 0) is 14.3 Å². The van der Waals surface area contributed by atoms with Gasteiger partial charge in [0.05, 0.1) is 30.8 Å². The van der Waals surface area contributed by atoms with E-state index in [1.807, 2.05) is 0 Å². The van der Waals surface area contributed by atoms with Crippen molar-refractivity contribution in [1.29, 1.82) is 0 Å². The second-order valence-electron chi connectivity index (χ2n) is 5.92. The van der Waals surface area contributed by atoms with Crippen molar-refractivity contribution in [3.8, 4) is 0 Å². The molecule has 0 radical (unpaired) electrons. The first-order chi connectivity index (χ1) is 11.5. The van der Waals surface area contributed by atoms with Crippen LogP contribution in [0.4, 0.5) is 5.00 Å². The van der Waals surface area contributed by atoms with Crippen LogP contribution in [-0.4, -0.2) is 56.1 Å². The number of rotatable bonds is 4. The van der Waals surface area contributed by atoms with Crippen LogP contribution in [0.15, 0.2) is 0 Å². The molecule has 7 nitrogen and oxygen atoms in total. The Morgan fingerprint density at radius 3 is 2.50 bits per heavy atom. The van der Waals surface area contributed by atoms with E-state index in [0.717, 1.165) is 24.2 Å². The van der Waals surface area contributed by atoms with Gasteiger partial charge in [-0.2, -0.15) is 0 Å². The molecule has 0 atom stereocenters. The normalized spacial score (nSPS) is 17.5. The second-order valence-corrected chi connectivity index (χ2v) is 6.94.